The number of thioether (sulfide) groups is 2. The molecule has 0 radical (unpaired) electrons. The Morgan fingerprint density at radius 1 is 1.14 bits per heavy atom. The van der Waals surface area contributed by atoms with Gasteiger partial charge in [-0.05, 0) is 25.0 Å². The van der Waals surface area contributed by atoms with E-state index in [1.807, 2.05) is 49.8 Å². The fourth-order valence-corrected chi connectivity index (χ4v) is 3.00. The van der Waals surface area contributed by atoms with Gasteiger partial charge in [0, 0.05) is 0 Å². The van der Waals surface area contributed by atoms with Gasteiger partial charge in [-0.25, -0.2) is 14.8 Å². The van der Waals surface area contributed by atoms with Gasteiger partial charge in [0.25, 0.3) is 0 Å². The zero-order valence-electron chi connectivity index (χ0n) is 12.6. The van der Waals surface area contributed by atoms with Crippen molar-refractivity contribution in [2.45, 2.75) is 23.6 Å². The van der Waals surface area contributed by atoms with Crippen LogP contribution in [0.5, 0.6) is 0 Å². The van der Waals surface area contributed by atoms with Crippen molar-refractivity contribution in [3.63, 3.8) is 0 Å². The van der Waals surface area contributed by atoms with E-state index in [-0.39, 0.29) is 6.61 Å². The third kappa shape index (κ3) is 4.38. The number of aryl methyl sites for hydroxylation is 1. The molecule has 116 valence electrons. The summed E-state index contributed by atoms with van der Waals surface area (Å²) in [5.41, 5.74) is 1.54. The van der Waals surface area contributed by atoms with Crippen LogP contribution in [-0.2, 0) is 11.3 Å². The second-order valence-electron chi connectivity index (χ2n) is 4.35. The van der Waals surface area contributed by atoms with Crippen molar-refractivity contribution in [2.75, 3.05) is 17.8 Å². The highest BCUT2D eigenvalue weighted by atomic mass is 32.2. The molecular formula is C15H17N3O2S2. The van der Waals surface area contributed by atoms with E-state index < -0.39 is 6.09 Å². The molecule has 0 spiro atoms. The van der Waals surface area contributed by atoms with E-state index in [1.54, 1.807) is 0 Å². The van der Waals surface area contributed by atoms with Gasteiger partial charge >= 0.3 is 6.09 Å². The molecule has 2 aromatic rings. The normalized spacial score (nSPS) is 10.3. The van der Waals surface area contributed by atoms with Gasteiger partial charge in [-0.3, -0.25) is 5.32 Å². The lowest BCUT2D eigenvalue weighted by Gasteiger charge is -2.13. The summed E-state index contributed by atoms with van der Waals surface area (Å²) in [5, 5.41) is 4.21. The van der Waals surface area contributed by atoms with Gasteiger partial charge < -0.3 is 4.74 Å². The molecule has 0 unspecified atom stereocenters. The van der Waals surface area contributed by atoms with Crippen molar-refractivity contribution in [1.82, 2.24) is 9.97 Å². The Morgan fingerprint density at radius 2 is 1.73 bits per heavy atom. The Kier molecular flexibility index (Phi) is 6.09. The summed E-state index contributed by atoms with van der Waals surface area (Å²) in [6, 6.07) is 9.54. The molecule has 0 saturated carbocycles. The molecule has 2 rings (SSSR count). The molecule has 0 aliphatic carbocycles. The SMILES string of the molecule is CSc1nc(C)nc(SC)c1NC(=O)OCc1ccccc1. The zero-order chi connectivity index (χ0) is 15.9. The lowest BCUT2D eigenvalue weighted by Crippen LogP contribution is -2.16. The number of hydrogen-bond acceptors (Lipinski definition) is 6. The van der Waals surface area contributed by atoms with Crippen molar-refractivity contribution in [3.05, 3.63) is 41.7 Å². The van der Waals surface area contributed by atoms with Crippen molar-refractivity contribution >= 4 is 35.3 Å². The first kappa shape index (κ1) is 16.6. The predicted molar refractivity (Wildman–Crippen MR) is 90.6 cm³/mol. The third-order valence-corrected chi connectivity index (χ3v) is 4.15. The first-order valence-corrected chi connectivity index (χ1v) is 9.03. The van der Waals surface area contributed by atoms with Gasteiger partial charge in [0.1, 0.15) is 28.2 Å². The highest BCUT2D eigenvalue weighted by Crippen LogP contribution is 2.31. The lowest BCUT2D eigenvalue weighted by atomic mass is 10.2. The van der Waals surface area contributed by atoms with E-state index in [1.165, 1.54) is 23.5 Å². The topological polar surface area (TPSA) is 64.1 Å². The second-order valence-corrected chi connectivity index (χ2v) is 5.94. The maximum Gasteiger partial charge on any atom is 0.412 e. The number of carbonyl (C=O) groups is 1. The van der Waals surface area contributed by atoms with Crippen LogP contribution < -0.4 is 5.32 Å². The van der Waals surface area contributed by atoms with Crippen molar-refractivity contribution in [2.24, 2.45) is 0 Å². The van der Waals surface area contributed by atoms with Crippen LogP contribution in [0, 0.1) is 6.92 Å². The van der Waals surface area contributed by atoms with Crippen LogP contribution in [0.2, 0.25) is 0 Å². The van der Waals surface area contributed by atoms with Crippen LogP contribution in [-0.4, -0.2) is 28.6 Å². The van der Waals surface area contributed by atoms with Gasteiger partial charge in [-0.2, -0.15) is 0 Å². The van der Waals surface area contributed by atoms with E-state index in [4.69, 9.17) is 4.74 Å². The molecule has 1 N–H and O–H groups in total. The number of nitrogens with one attached hydrogen (secondary N) is 1. The highest BCUT2D eigenvalue weighted by molar-refractivity contribution is 7.99. The first-order chi connectivity index (χ1) is 10.6. The van der Waals surface area contributed by atoms with E-state index >= 15 is 0 Å². The summed E-state index contributed by atoms with van der Waals surface area (Å²) in [4.78, 5) is 20.7. The first-order valence-electron chi connectivity index (χ1n) is 6.58. The number of benzene rings is 1. The number of carbonyl (C=O) groups excluding carboxylic acids is 1. The number of aromatic nitrogens is 2. The summed E-state index contributed by atoms with van der Waals surface area (Å²) >= 11 is 2.92. The average molecular weight is 335 g/mol. The molecule has 0 aliphatic heterocycles. The van der Waals surface area contributed by atoms with Crippen LogP contribution in [0.15, 0.2) is 40.4 Å². The smallest absolute Gasteiger partial charge is 0.412 e. The molecule has 1 heterocycles. The van der Waals surface area contributed by atoms with Gasteiger partial charge in [-0.1, -0.05) is 30.3 Å². The number of rotatable bonds is 5. The number of amides is 1. The highest BCUT2D eigenvalue weighted by Gasteiger charge is 2.15. The fraction of sp³-hybridized carbons (Fsp3) is 0.267. The number of nitrogens with zero attached hydrogens (tertiary/aromatic N) is 2. The van der Waals surface area contributed by atoms with Crippen LogP contribution in [0.4, 0.5) is 10.5 Å². The summed E-state index contributed by atoms with van der Waals surface area (Å²) < 4.78 is 5.24. The van der Waals surface area contributed by atoms with Crippen molar-refractivity contribution < 1.29 is 9.53 Å². The van der Waals surface area contributed by atoms with Crippen LogP contribution >= 0.6 is 23.5 Å². The Labute approximate surface area is 138 Å². The zero-order valence-corrected chi connectivity index (χ0v) is 14.3. The average Bonchev–Trinajstić information content (AvgIpc) is 2.55. The Morgan fingerprint density at radius 3 is 2.27 bits per heavy atom. The van der Waals surface area contributed by atoms with E-state index in [2.05, 4.69) is 15.3 Å². The molecule has 1 aromatic heterocycles. The van der Waals surface area contributed by atoms with E-state index in [0.717, 1.165) is 15.6 Å². The molecule has 0 fully saturated rings. The summed E-state index contributed by atoms with van der Waals surface area (Å²) in [5.74, 6) is 0.678. The van der Waals surface area contributed by atoms with E-state index in [9.17, 15) is 4.79 Å². The standard InChI is InChI=1S/C15H17N3O2S2/c1-10-16-13(21-2)12(14(17-10)22-3)18-15(19)20-9-11-7-5-4-6-8-11/h4-8H,9H2,1-3H3,(H,18,19). The molecule has 0 bridgehead atoms. The van der Waals surface area contributed by atoms with Gasteiger partial charge in [-0.15, -0.1) is 23.5 Å². The second kappa shape index (κ2) is 8.05. The Bertz CT molecular complexity index is 625. The molecule has 22 heavy (non-hydrogen) atoms. The van der Waals surface area contributed by atoms with Gasteiger partial charge in [0.2, 0.25) is 0 Å². The Hall–Kier alpha value is -1.73. The minimum Gasteiger partial charge on any atom is -0.444 e. The molecule has 5 nitrogen and oxygen atoms in total. The third-order valence-electron chi connectivity index (χ3n) is 2.78. The minimum absolute atomic E-state index is 0.225. The molecule has 0 saturated heterocycles. The largest absolute Gasteiger partial charge is 0.444 e. The van der Waals surface area contributed by atoms with Gasteiger partial charge in [0.05, 0.1) is 0 Å². The Balaban J connectivity index is 2.08. The molecule has 0 aliphatic rings. The molecule has 0 atom stereocenters. The molecule has 7 heteroatoms. The van der Waals surface area contributed by atoms with Crippen LogP contribution in [0.1, 0.15) is 11.4 Å². The summed E-state index contributed by atoms with van der Waals surface area (Å²) in [7, 11) is 0. The number of anilines is 1. The maximum atomic E-state index is 12.0. The fourth-order valence-electron chi connectivity index (χ4n) is 1.79. The summed E-state index contributed by atoms with van der Waals surface area (Å²) in [6.45, 7) is 2.06. The monoisotopic (exact) mass is 335 g/mol. The number of ether oxygens (including phenoxy) is 1. The maximum absolute atomic E-state index is 12.0. The van der Waals surface area contributed by atoms with Gasteiger partial charge in [0.15, 0.2) is 0 Å². The molecular weight excluding hydrogens is 318 g/mol. The van der Waals surface area contributed by atoms with Crippen LogP contribution in [0.25, 0.3) is 0 Å². The molecule has 1 aromatic carbocycles. The molecule has 1 amide bonds. The van der Waals surface area contributed by atoms with Crippen molar-refractivity contribution in [3.8, 4) is 0 Å². The predicted octanol–water partition coefficient (Wildman–Crippen LogP) is 3.98. The lowest BCUT2D eigenvalue weighted by molar-refractivity contribution is 0.155. The van der Waals surface area contributed by atoms with E-state index in [0.29, 0.717) is 11.5 Å². The van der Waals surface area contributed by atoms with Crippen molar-refractivity contribution in [1.29, 1.82) is 0 Å². The minimum atomic E-state index is -0.512. The number of hydrogen-bond donors (Lipinski definition) is 1. The quantitative estimate of drug-likeness (QED) is 0.659. The van der Waals surface area contributed by atoms with Crippen LogP contribution in [0.3, 0.4) is 0 Å². The summed E-state index contributed by atoms with van der Waals surface area (Å²) in [6.07, 6.45) is 3.31.